The van der Waals surface area contributed by atoms with E-state index in [0.717, 1.165) is 143 Å². The molecule has 1 aliphatic heterocycles. The van der Waals surface area contributed by atoms with Crippen molar-refractivity contribution in [2.75, 3.05) is 6.26 Å². The molecule has 36 heteroatoms. The highest BCUT2D eigenvalue weighted by Gasteiger charge is 2.33. The zero-order chi connectivity index (χ0) is 105. The first kappa shape index (κ1) is 112. The number of aliphatic carboxylic acids is 4. The van der Waals surface area contributed by atoms with E-state index in [4.69, 9.17) is 44.6 Å². The number of carboxylic acids is 4. The van der Waals surface area contributed by atoms with Crippen molar-refractivity contribution in [3.8, 4) is 0 Å². The number of hydrogen-bond acceptors (Lipinski definition) is 19. The zero-order valence-corrected chi connectivity index (χ0v) is 82.5. The molecular weight excluding hydrogens is 1870 g/mol. The maximum Gasteiger partial charge on any atom is 0.326 e. The lowest BCUT2D eigenvalue weighted by Gasteiger charge is -2.15. The maximum absolute atomic E-state index is 13.0. The van der Waals surface area contributed by atoms with Crippen molar-refractivity contribution in [2.24, 2.45) is 27.9 Å². The average molecular weight is 2000 g/mol. The van der Waals surface area contributed by atoms with Gasteiger partial charge < -0.3 is 79.6 Å². The molecule has 758 valence electrons. The second-order valence-corrected chi connectivity index (χ2v) is 38.0. The van der Waals surface area contributed by atoms with Crippen LogP contribution in [0.4, 0.5) is 5.69 Å². The minimum absolute atomic E-state index is 0.0223. The summed E-state index contributed by atoms with van der Waals surface area (Å²) in [6.07, 6.45) is 16.9. The number of benzene rings is 8. The minimum atomic E-state index is -1.74. The maximum atomic E-state index is 13.0. The van der Waals surface area contributed by atoms with Gasteiger partial charge >= 0.3 is 23.9 Å². The largest absolute Gasteiger partial charge is 0.480 e. The molecule has 8 aromatic carbocycles. The summed E-state index contributed by atoms with van der Waals surface area (Å²) in [7, 11) is -3.21. The molecule has 4 amide bonds. The predicted octanol–water partition coefficient (Wildman–Crippen LogP) is 13.4. The zero-order valence-electron chi connectivity index (χ0n) is 80.9. The summed E-state index contributed by atoms with van der Waals surface area (Å²) in [5.74, 6) is -2.23. The highest BCUT2D eigenvalue weighted by molar-refractivity contribution is 7.85. The van der Waals surface area contributed by atoms with E-state index in [1.54, 1.807) is 121 Å². The summed E-state index contributed by atoms with van der Waals surface area (Å²) in [5, 5.41) is 80.4. The first-order valence-electron chi connectivity index (χ1n) is 47.5. The minimum Gasteiger partial charge on any atom is -0.480 e. The Hall–Kier alpha value is -15.7. The van der Waals surface area contributed by atoms with E-state index in [1.807, 2.05) is 86.6 Å². The number of amides is 4. The van der Waals surface area contributed by atoms with Gasteiger partial charge in [0.2, 0.25) is 0 Å². The quantitative estimate of drug-likeness (QED) is 0.00728. The number of unbranched alkanes of at least 4 members (excludes halogenated alkanes) is 8. The van der Waals surface area contributed by atoms with Gasteiger partial charge in [-0.2, -0.15) is 0 Å². The molecule has 0 radical (unpaired) electrons. The molecule has 11 aromatic rings. The normalized spacial score (nSPS) is 12.3. The Balaban J connectivity index is 0.000000214. The molecule has 1 aliphatic rings. The van der Waals surface area contributed by atoms with Crippen LogP contribution in [0.15, 0.2) is 204 Å². The molecule has 12 rings (SSSR count). The molecule has 144 heavy (non-hydrogen) atoms. The molecule has 34 nitrogen and oxygen atoms in total. The average Bonchev–Trinajstić information content (AvgIpc) is 1.64. The van der Waals surface area contributed by atoms with E-state index in [0.29, 0.717) is 120 Å². The Kier molecular flexibility index (Phi) is 43.6. The topological polar surface area (TPSA) is 627 Å². The summed E-state index contributed by atoms with van der Waals surface area (Å²) in [4.78, 5) is 162. The third kappa shape index (κ3) is 35.5. The van der Waals surface area contributed by atoms with Crippen LogP contribution in [0.5, 0.6) is 0 Å². The first-order chi connectivity index (χ1) is 68.8. The number of carbonyl (C=O) groups is 12. The molecule has 0 spiro atoms. The molecule has 0 bridgehead atoms. The summed E-state index contributed by atoms with van der Waals surface area (Å²) in [5.41, 5.74) is 33.1. The number of aromatic amines is 3. The summed E-state index contributed by atoms with van der Waals surface area (Å²) in [6.45, 7) is 3.66. The number of hydrogen-bond donors (Lipinski definition) is 19. The van der Waals surface area contributed by atoms with Crippen molar-refractivity contribution >= 4 is 170 Å². The molecule has 23 N–H and O–H groups in total. The van der Waals surface area contributed by atoms with Crippen molar-refractivity contribution in [3.63, 3.8) is 0 Å². The molecule has 0 saturated carbocycles. The number of rotatable bonds is 53. The van der Waals surface area contributed by atoms with Crippen LogP contribution in [0.2, 0.25) is 0 Å². The number of nitrogens with zero attached hydrogens (tertiary/aromatic N) is 1. The van der Waals surface area contributed by atoms with E-state index < -0.39 is 92.5 Å². The second-order valence-electron chi connectivity index (χ2n) is 35.6. The van der Waals surface area contributed by atoms with E-state index in [9.17, 15) is 86.4 Å². The number of H-pyrrole nitrogens is 3. The third-order valence-corrected chi connectivity index (χ3v) is 25.9. The molecule has 0 fully saturated rings. The smallest absolute Gasteiger partial charge is 0.326 e. The van der Waals surface area contributed by atoms with Crippen molar-refractivity contribution in [3.05, 3.63) is 272 Å². The first-order valence-corrected chi connectivity index (χ1v) is 50.4. The van der Waals surface area contributed by atoms with Crippen LogP contribution in [-0.2, 0) is 115 Å². The highest BCUT2D eigenvalue weighted by atomic mass is 32.2. The fraction of sp³-hybridized carbons (Fsp3) is 0.324. The number of aliphatic imine (C=N–C) groups is 1. The number of aromatic nitrogens is 3. The number of amidine groups is 4. The fourth-order valence-electron chi connectivity index (χ4n) is 16.4. The molecule has 3 aromatic heterocycles. The Morgan fingerprint density at radius 1 is 0.340 bits per heavy atom. The number of Topliss-reactive ketones (excluding diaryl/α,β-unsaturated/α-hetero) is 4. The lowest BCUT2D eigenvalue weighted by molar-refractivity contribution is -0.141. The van der Waals surface area contributed by atoms with Gasteiger partial charge in [0.15, 0.2) is 0 Å². The van der Waals surface area contributed by atoms with Crippen LogP contribution in [-0.4, -0.2) is 185 Å². The fourth-order valence-corrected chi connectivity index (χ4v) is 18.1. The lowest BCUT2D eigenvalue weighted by Crippen LogP contribution is -2.46. The van der Waals surface area contributed by atoms with Gasteiger partial charge in [-0.3, -0.25) is 64.2 Å². The van der Waals surface area contributed by atoms with Gasteiger partial charge in [0.1, 0.15) is 70.1 Å². The Morgan fingerprint density at radius 3 is 0.875 bits per heavy atom. The Morgan fingerprint density at radius 2 is 0.590 bits per heavy atom. The third-order valence-electron chi connectivity index (χ3n) is 24.1. The van der Waals surface area contributed by atoms with Gasteiger partial charge in [-0.1, -0.05) is 196 Å². The molecule has 0 saturated heterocycles. The van der Waals surface area contributed by atoms with Gasteiger partial charge in [0.25, 0.3) is 23.6 Å². The number of aryl methyl sites for hydroxylation is 2. The van der Waals surface area contributed by atoms with Crippen molar-refractivity contribution in [1.29, 1.82) is 21.6 Å². The van der Waals surface area contributed by atoms with Crippen molar-refractivity contribution < 1.29 is 86.4 Å². The monoisotopic (exact) mass is 2000 g/mol. The molecule has 4 heterocycles. The molecule has 0 aliphatic carbocycles. The number of ketones is 4. The van der Waals surface area contributed by atoms with Crippen LogP contribution < -0.4 is 44.2 Å². The molecular formula is C108H126N16O18S2. The van der Waals surface area contributed by atoms with Gasteiger partial charge in [0, 0.05) is 157 Å². The van der Waals surface area contributed by atoms with Crippen LogP contribution in [0, 0.1) is 35.5 Å². The Bertz CT molecular complexity index is 6520. The predicted molar refractivity (Wildman–Crippen MR) is 561 cm³/mol. The highest BCUT2D eigenvalue weighted by Crippen LogP contribution is 2.30. The van der Waals surface area contributed by atoms with Crippen LogP contribution in [0.25, 0.3) is 32.7 Å². The van der Waals surface area contributed by atoms with Gasteiger partial charge in [0.05, 0.1) is 49.6 Å². The number of fused-ring (bicyclic) bond motifs is 4. The summed E-state index contributed by atoms with van der Waals surface area (Å²) >= 11 is 0. The SMILES string of the molecule is C=S(=O)=C1C(C(=O)NC(Cc2ccc(CC(=O)CCCCCC(=N)N)cc2)C(=O)O)=Nc2ccccc21.CS(=O)c1c(C(=O)NC(Cc2ccc(CC(=O)CCCCCC(=N)N)cc2)C(=O)O)[nH]c2ccccc12.Cc1c(C(=O)NC(Cc2ccc(CC(=O)CCCCCC(=N)N)cc2)C(=O)O)[nH]c2ccccc12.Cc1c(C(=O)NC(Cc2ccc(CC(=O)CCCCCC(=N)N)cc2)C(=O)O)[nH]c2ccccc12. The Labute approximate surface area is 838 Å². The number of para-hydroxylation sites is 4. The number of nitrogens with two attached hydrogens (primary N) is 4. The van der Waals surface area contributed by atoms with E-state index in [1.165, 1.54) is 6.26 Å². The van der Waals surface area contributed by atoms with Crippen molar-refractivity contribution in [2.45, 2.75) is 223 Å². The lowest BCUT2D eigenvalue weighted by atomic mass is 10.00. The molecule has 5 atom stereocenters. The van der Waals surface area contributed by atoms with Crippen LogP contribution >= 0.6 is 0 Å². The number of carboxylic acid groups (broad SMARTS) is 4. The summed E-state index contributed by atoms with van der Waals surface area (Å²) < 4.78 is 24.5. The van der Waals surface area contributed by atoms with Crippen LogP contribution in [0.1, 0.15) is 221 Å². The van der Waals surface area contributed by atoms with E-state index in [-0.39, 0.29) is 94.8 Å². The summed E-state index contributed by atoms with van der Waals surface area (Å²) in [6, 6.07) is 53.0. The van der Waals surface area contributed by atoms with Crippen molar-refractivity contribution in [1.82, 2.24) is 36.2 Å². The van der Waals surface area contributed by atoms with E-state index >= 15 is 0 Å². The van der Waals surface area contributed by atoms with Gasteiger partial charge in [-0.25, -0.2) is 28.4 Å². The van der Waals surface area contributed by atoms with Gasteiger partial charge in [-0.05, 0) is 151 Å². The number of nitrogens with one attached hydrogen (secondary N) is 11. The number of carbonyl (C=O) groups excluding carboxylic acids is 8. The van der Waals surface area contributed by atoms with E-state index in [2.05, 4.69) is 47.1 Å². The van der Waals surface area contributed by atoms with Crippen LogP contribution in [0.3, 0.4) is 0 Å². The molecule has 5 unspecified atom stereocenters. The standard InChI is InChI=1S/C27H32N4O5S.C27H30N4O5S.2C27H32N4O4/c2*1-37(36)25-20-8-5-6-9-21(20)30-24(25)26(33)31-22(27(34)35)16-18-13-11-17(12-14-18)15-19(32)7-3-2-4-10-23(28)29;2*1-17-21-8-5-6-9-22(21)30-25(17)26(33)31-23(27(34)35)16-19-13-11-18(12-14-19)15-20(32)7-3-2-4-10-24(28)29/h5-6,8-9,11-14,22,30H,2-4,7,10,15-16H2,1H3,(H3,28,29)(H,31,33)(H,34,35);5-6,8-9,11-14,22H,1-4,7,10,15-16H2,(H3,28,29)(H,31,33)(H,34,35);2*5-6,8-9,11-14,23,30H,2-4,7,10,15-16H2,1H3,(H3,28,29)(H,31,33)(H,34,35). The van der Waals surface area contributed by atoms with Gasteiger partial charge in [-0.15, -0.1) is 0 Å². The second kappa shape index (κ2) is 56.1.